The third kappa shape index (κ3) is 4.58. The fourth-order valence-electron chi connectivity index (χ4n) is 2.41. The highest BCUT2D eigenvalue weighted by molar-refractivity contribution is 7.21. The molecule has 0 aliphatic carbocycles. The number of aromatic nitrogens is 2. The number of thiazole rings is 2. The number of aliphatic hydroxyl groups is 1. The van der Waals surface area contributed by atoms with Gasteiger partial charge in [0.2, 0.25) is 0 Å². The fraction of sp³-hybridized carbons (Fsp3) is 0.316. The number of nitrogens with zero attached hydrogens (tertiary/aromatic N) is 2. The van der Waals surface area contributed by atoms with Gasteiger partial charge in [-0.05, 0) is 30.5 Å². The van der Waals surface area contributed by atoms with Gasteiger partial charge in [-0.3, -0.25) is 4.79 Å². The van der Waals surface area contributed by atoms with Crippen LogP contribution in [0.5, 0.6) is 0 Å². The lowest BCUT2D eigenvalue weighted by Crippen LogP contribution is -2.25. The molecule has 2 heterocycles. The van der Waals surface area contributed by atoms with Crippen LogP contribution in [0.25, 0.3) is 10.0 Å². The van der Waals surface area contributed by atoms with E-state index in [4.69, 9.17) is 0 Å². The maximum Gasteiger partial charge on any atom is 0.271 e. The summed E-state index contributed by atoms with van der Waals surface area (Å²) in [5.74, 6) is -0.750. The minimum atomic E-state index is -0.788. The summed E-state index contributed by atoms with van der Waals surface area (Å²) in [5.41, 5.74) is 0.993. The van der Waals surface area contributed by atoms with E-state index < -0.39 is 6.10 Å². The Bertz CT molecular complexity index is 935. The highest BCUT2D eigenvalue weighted by Gasteiger charge is 2.26. The predicted molar refractivity (Wildman–Crippen MR) is 105 cm³/mol. The Morgan fingerprint density at radius 1 is 1.22 bits per heavy atom. The summed E-state index contributed by atoms with van der Waals surface area (Å²) in [4.78, 5) is 23.1. The zero-order chi connectivity index (χ0) is 19.6. The van der Waals surface area contributed by atoms with Crippen molar-refractivity contribution in [3.8, 4) is 10.0 Å². The van der Waals surface area contributed by atoms with Gasteiger partial charge >= 0.3 is 0 Å². The molecule has 0 spiro atoms. The molecule has 3 aromatic rings. The molecule has 3 rings (SSSR count). The largest absolute Gasteiger partial charge is 0.387 e. The van der Waals surface area contributed by atoms with Crippen LogP contribution in [0.4, 0.5) is 4.39 Å². The van der Waals surface area contributed by atoms with Crippen molar-refractivity contribution in [2.45, 2.75) is 33.4 Å². The number of halogens is 1. The number of aryl methyl sites for hydroxylation is 1. The van der Waals surface area contributed by atoms with E-state index in [1.54, 1.807) is 18.3 Å². The Labute approximate surface area is 164 Å². The van der Waals surface area contributed by atoms with E-state index in [1.807, 2.05) is 20.8 Å². The molecule has 27 heavy (non-hydrogen) atoms. The molecule has 2 aromatic heterocycles. The second-order valence-electron chi connectivity index (χ2n) is 6.51. The number of carbonyl (C=O) groups excluding carboxylic acids is 1. The molecule has 0 aliphatic heterocycles. The van der Waals surface area contributed by atoms with Gasteiger partial charge in [-0.15, -0.1) is 22.7 Å². The molecule has 8 heteroatoms. The lowest BCUT2D eigenvalue weighted by Gasteiger charge is -2.13. The Morgan fingerprint density at radius 3 is 2.52 bits per heavy atom. The Kier molecular flexibility index (Phi) is 5.98. The van der Waals surface area contributed by atoms with Gasteiger partial charge in [-0.25, -0.2) is 14.4 Å². The summed E-state index contributed by atoms with van der Waals surface area (Å²) >= 11 is 2.78. The van der Waals surface area contributed by atoms with Crippen LogP contribution in [-0.4, -0.2) is 21.0 Å². The summed E-state index contributed by atoms with van der Waals surface area (Å²) in [6.07, 6.45) is 0.970. The lowest BCUT2D eigenvalue weighted by atomic mass is 10.0. The number of carbonyl (C=O) groups is 1. The first-order valence-corrected chi connectivity index (χ1v) is 10.1. The molecule has 1 amide bonds. The lowest BCUT2D eigenvalue weighted by molar-refractivity contribution is 0.0929. The molecular formula is C19H20FN3O2S2. The van der Waals surface area contributed by atoms with Gasteiger partial charge in [0, 0.05) is 17.6 Å². The van der Waals surface area contributed by atoms with Gasteiger partial charge in [0.1, 0.15) is 11.5 Å². The van der Waals surface area contributed by atoms with Crippen molar-refractivity contribution in [3.05, 3.63) is 57.3 Å². The van der Waals surface area contributed by atoms with E-state index in [0.29, 0.717) is 9.88 Å². The van der Waals surface area contributed by atoms with Crippen LogP contribution in [0.3, 0.4) is 0 Å². The zero-order valence-corrected chi connectivity index (χ0v) is 16.8. The topological polar surface area (TPSA) is 75.1 Å². The van der Waals surface area contributed by atoms with Crippen LogP contribution in [0.15, 0.2) is 30.5 Å². The van der Waals surface area contributed by atoms with Gasteiger partial charge in [-0.1, -0.05) is 26.0 Å². The predicted octanol–water partition coefficient (Wildman–Crippen LogP) is 4.33. The molecule has 0 aliphatic rings. The molecule has 2 N–H and O–H groups in total. The summed E-state index contributed by atoms with van der Waals surface area (Å²) in [6.45, 7) is 5.98. The minimum absolute atomic E-state index is 0.0556. The van der Waals surface area contributed by atoms with Crippen LogP contribution >= 0.6 is 22.7 Å². The van der Waals surface area contributed by atoms with E-state index in [-0.39, 0.29) is 29.9 Å². The standard InChI is InChI=1S/C19H20FN3O2S2/c1-10(2)15(24)16-14(23-19(27-16)18-22-8-11(3)26-18)17(25)21-9-12-4-6-13(20)7-5-12/h4-8,10,15,24H,9H2,1-3H3,(H,21,25). The van der Waals surface area contributed by atoms with Gasteiger partial charge < -0.3 is 10.4 Å². The minimum Gasteiger partial charge on any atom is -0.387 e. The van der Waals surface area contributed by atoms with Gasteiger partial charge in [-0.2, -0.15) is 0 Å². The molecule has 5 nitrogen and oxygen atoms in total. The first-order chi connectivity index (χ1) is 12.8. The van der Waals surface area contributed by atoms with Crippen molar-refractivity contribution in [1.29, 1.82) is 0 Å². The van der Waals surface area contributed by atoms with E-state index >= 15 is 0 Å². The molecule has 142 valence electrons. The number of nitrogens with one attached hydrogen (secondary N) is 1. The molecular weight excluding hydrogens is 385 g/mol. The maximum absolute atomic E-state index is 13.0. The third-order valence-electron chi connectivity index (χ3n) is 3.94. The molecule has 0 bridgehead atoms. The summed E-state index contributed by atoms with van der Waals surface area (Å²) in [6, 6.07) is 5.93. The number of rotatable bonds is 6. The summed E-state index contributed by atoms with van der Waals surface area (Å²) in [7, 11) is 0. The molecule has 0 saturated carbocycles. The molecule has 0 fully saturated rings. The van der Waals surface area contributed by atoms with Crippen molar-refractivity contribution in [1.82, 2.24) is 15.3 Å². The van der Waals surface area contributed by atoms with Gasteiger partial charge in [0.25, 0.3) is 5.91 Å². The van der Waals surface area contributed by atoms with E-state index in [2.05, 4.69) is 15.3 Å². The van der Waals surface area contributed by atoms with Crippen LogP contribution in [0, 0.1) is 18.7 Å². The quantitative estimate of drug-likeness (QED) is 0.640. The van der Waals surface area contributed by atoms with Gasteiger partial charge in [0.15, 0.2) is 10.0 Å². The number of benzene rings is 1. The SMILES string of the molecule is Cc1cnc(-c2nc(C(=O)NCc3ccc(F)cc3)c(C(O)C(C)C)s2)s1. The summed E-state index contributed by atoms with van der Waals surface area (Å²) < 4.78 is 13.0. The van der Waals surface area contributed by atoms with Crippen molar-refractivity contribution < 1.29 is 14.3 Å². The van der Waals surface area contributed by atoms with Crippen LogP contribution in [-0.2, 0) is 6.54 Å². The highest BCUT2D eigenvalue weighted by Crippen LogP contribution is 2.36. The second-order valence-corrected chi connectivity index (χ2v) is 8.77. The fourth-order valence-corrected chi connectivity index (χ4v) is 4.42. The third-order valence-corrected chi connectivity index (χ3v) is 6.12. The molecule has 1 unspecified atom stereocenters. The average Bonchev–Trinajstić information content (AvgIpc) is 3.26. The first-order valence-electron chi connectivity index (χ1n) is 8.49. The van der Waals surface area contributed by atoms with E-state index in [0.717, 1.165) is 15.4 Å². The number of aliphatic hydroxyl groups excluding tert-OH is 1. The van der Waals surface area contributed by atoms with Crippen molar-refractivity contribution in [2.24, 2.45) is 5.92 Å². The molecule has 0 radical (unpaired) electrons. The Morgan fingerprint density at radius 2 is 1.93 bits per heavy atom. The second kappa shape index (κ2) is 8.24. The Balaban J connectivity index is 1.86. The van der Waals surface area contributed by atoms with Crippen molar-refractivity contribution >= 4 is 28.6 Å². The Hall–Kier alpha value is -2.16. The van der Waals surface area contributed by atoms with Crippen molar-refractivity contribution in [3.63, 3.8) is 0 Å². The highest BCUT2D eigenvalue weighted by atomic mass is 32.1. The molecule has 1 atom stereocenters. The smallest absolute Gasteiger partial charge is 0.271 e. The molecule has 1 aromatic carbocycles. The van der Waals surface area contributed by atoms with E-state index in [1.165, 1.54) is 34.8 Å². The monoisotopic (exact) mass is 405 g/mol. The van der Waals surface area contributed by atoms with Crippen LogP contribution in [0.2, 0.25) is 0 Å². The zero-order valence-electron chi connectivity index (χ0n) is 15.2. The van der Waals surface area contributed by atoms with Crippen molar-refractivity contribution in [2.75, 3.05) is 0 Å². The molecule has 0 saturated heterocycles. The maximum atomic E-state index is 13.0. The van der Waals surface area contributed by atoms with Crippen LogP contribution in [0.1, 0.15) is 45.8 Å². The summed E-state index contributed by atoms with van der Waals surface area (Å²) in [5, 5.41) is 14.7. The van der Waals surface area contributed by atoms with Gasteiger partial charge in [0.05, 0.1) is 11.0 Å². The number of amides is 1. The first kappa shape index (κ1) is 19.6. The van der Waals surface area contributed by atoms with Crippen LogP contribution < -0.4 is 5.32 Å². The normalized spacial score (nSPS) is 12.4. The average molecular weight is 406 g/mol. The number of hydrogen-bond acceptors (Lipinski definition) is 6. The number of hydrogen-bond donors (Lipinski definition) is 2. The van der Waals surface area contributed by atoms with E-state index in [9.17, 15) is 14.3 Å².